The number of likely N-dealkylation sites (N-methyl/N-ethyl adjacent to an activating group) is 1. The van der Waals surface area contributed by atoms with Crippen molar-refractivity contribution in [3.05, 3.63) is 18.0 Å². The lowest BCUT2D eigenvalue weighted by Crippen LogP contribution is -2.33. The molecule has 0 radical (unpaired) electrons. The Morgan fingerprint density at radius 3 is 2.79 bits per heavy atom. The number of hydrogen-bond donors (Lipinski definition) is 1. The van der Waals surface area contributed by atoms with Gasteiger partial charge in [-0.2, -0.15) is 5.10 Å². The number of nitrogens with one attached hydrogen (secondary N) is 1. The van der Waals surface area contributed by atoms with Crippen molar-refractivity contribution in [2.24, 2.45) is 0 Å². The molecular weight excluding hydrogens is 238 g/mol. The average molecular weight is 265 g/mol. The predicted molar refractivity (Wildman–Crippen MR) is 77.4 cm³/mol. The van der Waals surface area contributed by atoms with E-state index in [-0.39, 0.29) is 6.10 Å². The maximum Gasteiger partial charge on any atom is 0.0641 e. The van der Waals surface area contributed by atoms with E-state index in [1.807, 2.05) is 7.05 Å². The van der Waals surface area contributed by atoms with Crippen LogP contribution in [0.4, 0.5) is 0 Å². The highest BCUT2D eigenvalue weighted by Gasteiger charge is 2.18. The molecule has 0 bridgehead atoms. The van der Waals surface area contributed by atoms with Gasteiger partial charge in [-0.25, -0.2) is 0 Å². The van der Waals surface area contributed by atoms with Crippen LogP contribution in [0, 0.1) is 0 Å². The van der Waals surface area contributed by atoms with Gasteiger partial charge in [0.15, 0.2) is 0 Å². The molecule has 0 aliphatic heterocycles. The largest absolute Gasteiger partial charge is 0.377 e. The summed E-state index contributed by atoms with van der Waals surface area (Å²) in [6.45, 7) is 4.88. The third kappa shape index (κ3) is 4.32. The van der Waals surface area contributed by atoms with Crippen LogP contribution in [0.15, 0.2) is 12.3 Å². The Kier molecular flexibility index (Phi) is 5.40. The number of nitrogens with zero attached hydrogens (tertiary/aromatic N) is 2. The Morgan fingerprint density at radius 2 is 2.16 bits per heavy atom. The van der Waals surface area contributed by atoms with E-state index in [0.29, 0.717) is 12.1 Å². The van der Waals surface area contributed by atoms with Gasteiger partial charge in [0, 0.05) is 18.7 Å². The van der Waals surface area contributed by atoms with Crippen LogP contribution < -0.4 is 5.32 Å². The van der Waals surface area contributed by atoms with Gasteiger partial charge in [-0.15, -0.1) is 0 Å². The standard InChI is InChI=1S/C15H27N3O/c1-12(2)19-11-14(16-3)10-13-8-9-18(17-13)15-6-4-5-7-15/h8-9,12,14-16H,4-7,10-11H2,1-3H3. The lowest BCUT2D eigenvalue weighted by atomic mass is 10.2. The van der Waals surface area contributed by atoms with Crippen molar-refractivity contribution < 1.29 is 4.74 Å². The zero-order chi connectivity index (χ0) is 13.7. The minimum absolute atomic E-state index is 0.284. The summed E-state index contributed by atoms with van der Waals surface area (Å²) in [6, 6.07) is 3.13. The Bertz CT molecular complexity index is 369. The first-order valence-corrected chi connectivity index (χ1v) is 7.52. The smallest absolute Gasteiger partial charge is 0.0641 e. The number of ether oxygens (including phenoxy) is 1. The second-order valence-electron chi connectivity index (χ2n) is 5.80. The molecule has 1 atom stereocenters. The summed E-state index contributed by atoms with van der Waals surface area (Å²) in [5.41, 5.74) is 1.17. The maximum atomic E-state index is 5.68. The minimum atomic E-state index is 0.284. The van der Waals surface area contributed by atoms with Gasteiger partial charge < -0.3 is 10.1 Å². The fraction of sp³-hybridized carbons (Fsp3) is 0.800. The highest BCUT2D eigenvalue weighted by molar-refractivity contribution is 5.02. The van der Waals surface area contributed by atoms with Crippen LogP contribution >= 0.6 is 0 Å². The summed E-state index contributed by atoms with van der Waals surface area (Å²) in [5, 5.41) is 8.04. The van der Waals surface area contributed by atoms with Gasteiger partial charge in [-0.1, -0.05) is 12.8 Å². The van der Waals surface area contributed by atoms with E-state index in [2.05, 4.69) is 36.1 Å². The monoisotopic (exact) mass is 265 g/mol. The topological polar surface area (TPSA) is 39.1 Å². The molecule has 19 heavy (non-hydrogen) atoms. The lowest BCUT2D eigenvalue weighted by molar-refractivity contribution is 0.0625. The van der Waals surface area contributed by atoms with Gasteiger partial charge in [0.05, 0.1) is 24.4 Å². The van der Waals surface area contributed by atoms with Crippen LogP contribution in [0.1, 0.15) is 51.3 Å². The van der Waals surface area contributed by atoms with E-state index in [1.165, 1.54) is 31.4 Å². The van der Waals surface area contributed by atoms with Gasteiger partial charge in [0.2, 0.25) is 0 Å². The molecule has 1 heterocycles. The van der Waals surface area contributed by atoms with Crippen molar-refractivity contribution >= 4 is 0 Å². The molecule has 1 aliphatic carbocycles. The summed E-state index contributed by atoms with van der Waals surface area (Å²) in [4.78, 5) is 0. The quantitative estimate of drug-likeness (QED) is 0.823. The van der Waals surface area contributed by atoms with Gasteiger partial charge in [-0.3, -0.25) is 4.68 Å². The number of hydrogen-bond acceptors (Lipinski definition) is 3. The lowest BCUT2D eigenvalue weighted by Gasteiger charge is -2.17. The Balaban J connectivity index is 1.86. The van der Waals surface area contributed by atoms with Crippen molar-refractivity contribution in [1.29, 1.82) is 0 Å². The zero-order valence-corrected chi connectivity index (χ0v) is 12.4. The van der Waals surface area contributed by atoms with Crippen molar-refractivity contribution in [1.82, 2.24) is 15.1 Å². The number of rotatable bonds is 7. The van der Waals surface area contributed by atoms with Crippen molar-refractivity contribution in [3.63, 3.8) is 0 Å². The van der Waals surface area contributed by atoms with Gasteiger partial charge in [0.1, 0.15) is 0 Å². The molecule has 1 aromatic rings. The average Bonchev–Trinajstić information content (AvgIpc) is 3.04. The highest BCUT2D eigenvalue weighted by Crippen LogP contribution is 2.28. The Morgan fingerprint density at radius 1 is 1.42 bits per heavy atom. The first-order valence-electron chi connectivity index (χ1n) is 7.52. The molecule has 1 saturated carbocycles. The maximum absolute atomic E-state index is 5.68. The van der Waals surface area contributed by atoms with Gasteiger partial charge >= 0.3 is 0 Å². The normalized spacial score (nSPS) is 18.3. The molecule has 1 unspecified atom stereocenters. The molecule has 4 nitrogen and oxygen atoms in total. The SMILES string of the molecule is CNC(COC(C)C)Cc1ccn(C2CCCC2)n1. The summed E-state index contributed by atoms with van der Waals surface area (Å²) in [6.07, 6.45) is 8.62. The van der Waals surface area contributed by atoms with Crippen molar-refractivity contribution in [3.8, 4) is 0 Å². The fourth-order valence-electron chi connectivity index (χ4n) is 2.66. The third-order valence-corrected chi connectivity index (χ3v) is 3.86. The first kappa shape index (κ1) is 14.5. The molecule has 2 rings (SSSR count). The van der Waals surface area contributed by atoms with E-state index in [4.69, 9.17) is 9.84 Å². The van der Waals surface area contributed by atoms with Crippen LogP contribution in [0.3, 0.4) is 0 Å². The third-order valence-electron chi connectivity index (χ3n) is 3.86. The second kappa shape index (κ2) is 7.06. The van der Waals surface area contributed by atoms with Crippen LogP contribution in [-0.4, -0.2) is 35.6 Å². The summed E-state index contributed by atoms with van der Waals surface area (Å²) >= 11 is 0. The Labute approximate surface area is 116 Å². The Hall–Kier alpha value is -0.870. The van der Waals surface area contributed by atoms with Crippen LogP contribution in [0.5, 0.6) is 0 Å². The van der Waals surface area contributed by atoms with E-state index in [1.54, 1.807) is 0 Å². The zero-order valence-electron chi connectivity index (χ0n) is 12.4. The molecule has 0 saturated heterocycles. The van der Waals surface area contributed by atoms with Crippen molar-refractivity contribution in [2.75, 3.05) is 13.7 Å². The molecule has 0 amide bonds. The molecule has 4 heteroatoms. The van der Waals surface area contributed by atoms with E-state index in [0.717, 1.165) is 13.0 Å². The molecule has 108 valence electrons. The van der Waals surface area contributed by atoms with Crippen LogP contribution in [0.2, 0.25) is 0 Å². The molecule has 1 fully saturated rings. The second-order valence-corrected chi connectivity index (χ2v) is 5.80. The van der Waals surface area contributed by atoms with Crippen molar-refractivity contribution in [2.45, 2.75) is 64.1 Å². The highest BCUT2D eigenvalue weighted by atomic mass is 16.5. The van der Waals surface area contributed by atoms with Gasteiger partial charge in [-0.05, 0) is 39.8 Å². The minimum Gasteiger partial charge on any atom is -0.377 e. The van der Waals surface area contributed by atoms with E-state index in [9.17, 15) is 0 Å². The van der Waals surface area contributed by atoms with Crippen LogP contribution in [0.25, 0.3) is 0 Å². The molecule has 1 aromatic heterocycles. The molecular formula is C15H27N3O. The first-order chi connectivity index (χ1) is 9.19. The molecule has 1 aliphatic rings. The number of aromatic nitrogens is 2. The summed E-state index contributed by atoms with van der Waals surface area (Å²) in [7, 11) is 1.99. The predicted octanol–water partition coefficient (Wildman–Crippen LogP) is 2.55. The fourth-order valence-corrected chi connectivity index (χ4v) is 2.66. The van der Waals surface area contributed by atoms with E-state index >= 15 is 0 Å². The molecule has 0 spiro atoms. The van der Waals surface area contributed by atoms with E-state index < -0.39 is 0 Å². The molecule has 1 N–H and O–H groups in total. The molecule has 0 aromatic carbocycles. The summed E-state index contributed by atoms with van der Waals surface area (Å²) < 4.78 is 7.84. The summed E-state index contributed by atoms with van der Waals surface area (Å²) in [5.74, 6) is 0. The van der Waals surface area contributed by atoms with Crippen LogP contribution in [-0.2, 0) is 11.2 Å². The van der Waals surface area contributed by atoms with Gasteiger partial charge in [0.25, 0.3) is 0 Å².